The Kier molecular flexibility index (Phi) is 7.09. The van der Waals surface area contributed by atoms with Gasteiger partial charge in [0.25, 0.3) is 15.9 Å². The Balaban J connectivity index is 1.65. The molecule has 1 aromatic heterocycles. The van der Waals surface area contributed by atoms with E-state index in [9.17, 15) is 31.6 Å². The average molecular weight is 542 g/mol. The lowest BCUT2D eigenvalue weighted by Gasteiger charge is -2.17. The van der Waals surface area contributed by atoms with Crippen LogP contribution in [0.25, 0.3) is 11.3 Å². The molecule has 0 aliphatic carbocycles. The summed E-state index contributed by atoms with van der Waals surface area (Å²) in [6.07, 6.45) is -3.60. The second-order valence-electron chi connectivity index (χ2n) is 7.66. The number of rotatable bonds is 7. The van der Waals surface area contributed by atoms with Gasteiger partial charge in [0.1, 0.15) is 16.7 Å². The Bertz CT molecular complexity index is 1650. The first-order chi connectivity index (χ1) is 18.0. The number of para-hydroxylation sites is 1. The van der Waals surface area contributed by atoms with Crippen LogP contribution < -0.4 is 14.8 Å². The van der Waals surface area contributed by atoms with E-state index in [4.69, 9.17) is 9.15 Å². The van der Waals surface area contributed by atoms with Gasteiger partial charge in [-0.2, -0.15) is 18.4 Å². The number of anilines is 2. The third-order valence-electron chi connectivity index (χ3n) is 5.20. The van der Waals surface area contributed by atoms with E-state index in [1.54, 1.807) is 36.4 Å². The first-order valence-electron chi connectivity index (χ1n) is 10.7. The highest BCUT2D eigenvalue weighted by molar-refractivity contribution is 7.92. The van der Waals surface area contributed by atoms with Crippen molar-refractivity contribution < 1.29 is 35.5 Å². The van der Waals surface area contributed by atoms with Crippen LogP contribution in [0.3, 0.4) is 0 Å². The third kappa shape index (κ3) is 5.45. The van der Waals surface area contributed by atoms with Gasteiger partial charge in [-0.15, -0.1) is 0 Å². The van der Waals surface area contributed by atoms with E-state index >= 15 is 0 Å². The molecule has 38 heavy (non-hydrogen) atoms. The Morgan fingerprint density at radius 1 is 1.08 bits per heavy atom. The van der Waals surface area contributed by atoms with Crippen LogP contribution >= 0.6 is 0 Å². The van der Waals surface area contributed by atoms with Gasteiger partial charge in [0.15, 0.2) is 5.76 Å². The number of benzene rings is 3. The molecule has 2 N–H and O–H groups in total. The van der Waals surface area contributed by atoms with Crippen molar-refractivity contribution in [3.63, 3.8) is 0 Å². The minimum atomic E-state index is -4.95. The summed E-state index contributed by atoms with van der Waals surface area (Å²) in [5, 5.41) is 11.7. The summed E-state index contributed by atoms with van der Waals surface area (Å²) in [4.78, 5) is 16.0. The van der Waals surface area contributed by atoms with E-state index < -0.39 is 43.8 Å². The van der Waals surface area contributed by atoms with Gasteiger partial charge in [-0.1, -0.05) is 36.4 Å². The number of nitrogens with zero attached hydrogens (tertiary/aromatic N) is 2. The molecule has 0 aliphatic heterocycles. The molecular formula is C25H17F3N4O5S. The zero-order chi connectivity index (χ0) is 27.5. The number of nitrogens with one attached hydrogen (secondary N) is 2. The number of methoxy groups -OCH3 is 1. The molecule has 0 saturated heterocycles. The van der Waals surface area contributed by atoms with Crippen LogP contribution in [0.15, 0.2) is 82.2 Å². The molecule has 0 aliphatic rings. The lowest BCUT2D eigenvalue weighted by atomic mass is 10.1. The molecule has 1 amide bonds. The van der Waals surface area contributed by atoms with Crippen molar-refractivity contribution in [2.45, 2.75) is 11.1 Å². The number of sulfonamides is 1. The number of aromatic nitrogens is 1. The first kappa shape index (κ1) is 26.2. The van der Waals surface area contributed by atoms with Crippen LogP contribution in [0.2, 0.25) is 0 Å². The molecule has 0 fully saturated rings. The molecule has 0 bridgehead atoms. The summed E-state index contributed by atoms with van der Waals surface area (Å²) in [5.41, 5.74) is -2.18. The van der Waals surface area contributed by atoms with E-state index in [1.165, 1.54) is 18.3 Å². The fraction of sp³-hybridized carbons (Fsp3) is 0.0800. The molecule has 4 rings (SSSR count). The standard InChI is InChI=1S/C25H17F3N4O5S/c1-36-19-11-10-17(31-23(33)24-30-14-20(37-24)15-6-3-2-4-7-15)12-21(19)38(34,35)32-22-16(13-29)8-5-9-18(22)25(26,27)28/h2-12,14,32H,1H3,(H,31,33). The summed E-state index contributed by atoms with van der Waals surface area (Å²) < 4.78 is 79.4. The summed E-state index contributed by atoms with van der Waals surface area (Å²) in [7, 11) is -3.58. The Hall–Kier alpha value is -4.83. The number of hydrogen-bond acceptors (Lipinski definition) is 7. The maximum atomic E-state index is 13.5. The quantitative estimate of drug-likeness (QED) is 0.324. The number of halogens is 3. The van der Waals surface area contributed by atoms with Gasteiger partial charge in [0, 0.05) is 11.3 Å². The van der Waals surface area contributed by atoms with Gasteiger partial charge >= 0.3 is 12.1 Å². The second kappa shape index (κ2) is 10.3. The summed E-state index contributed by atoms with van der Waals surface area (Å²) in [5.74, 6) is -1.00. The van der Waals surface area contributed by atoms with E-state index in [0.717, 1.165) is 25.3 Å². The maximum Gasteiger partial charge on any atom is 0.418 e. The largest absolute Gasteiger partial charge is 0.495 e. The Morgan fingerprint density at radius 2 is 1.82 bits per heavy atom. The van der Waals surface area contributed by atoms with Gasteiger partial charge in [-0.05, 0) is 30.3 Å². The van der Waals surface area contributed by atoms with Crippen molar-refractivity contribution in [3.05, 3.63) is 89.9 Å². The number of hydrogen-bond donors (Lipinski definition) is 2. The van der Waals surface area contributed by atoms with Gasteiger partial charge in [0.05, 0.1) is 30.1 Å². The number of oxazole rings is 1. The number of amides is 1. The number of carbonyl (C=O) groups is 1. The Morgan fingerprint density at radius 3 is 2.47 bits per heavy atom. The molecule has 0 saturated carbocycles. The predicted octanol–water partition coefficient (Wildman–Crippen LogP) is 5.29. The van der Waals surface area contributed by atoms with E-state index in [2.05, 4.69) is 10.3 Å². The van der Waals surface area contributed by atoms with Crippen LogP contribution in [0.5, 0.6) is 5.75 Å². The van der Waals surface area contributed by atoms with Crippen molar-refractivity contribution in [1.29, 1.82) is 5.26 Å². The number of alkyl halides is 3. The highest BCUT2D eigenvalue weighted by atomic mass is 32.2. The maximum absolute atomic E-state index is 13.5. The van der Waals surface area contributed by atoms with E-state index in [-0.39, 0.29) is 17.3 Å². The Labute approximate surface area is 214 Å². The van der Waals surface area contributed by atoms with Crippen molar-refractivity contribution in [2.75, 3.05) is 17.1 Å². The fourth-order valence-electron chi connectivity index (χ4n) is 3.45. The highest BCUT2D eigenvalue weighted by Gasteiger charge is 2.36. The molecule has 194 valence electrons. The topological polar surface area (TPSA) is 134 Å². The monoisotopic (exact) mass is 542 g/mol. The van der Waals surface area contributed by atoms with Gasteiger partial charge < -0.3 is 14.5 Å². The molecule has 9 nitrogen and oxygen atoms in total. The highest BCUT2D eigenvalue weighted by Crippen LogP contribution is 2.38. The SMILES string of the molecule is COc1ccc(NC(=O)c2ncc(-c3ccccc3)o2)cc1S(=O)(=O)Nc1c(C#N)cccc1C(F)(F)F. The fourth-order valence-corrected chi connectivity index (χ4v) is 4.74. The molecule has 0 unspecified atom stereocenters. The molecule has 0 radical (unpaired) electrons. The molecule has 0 spiro atoms. The second-order valence-corrected chi connectivity index (χ2v) is 9.31. The first-order valence-corrected chi connectivity index (χ1v) is 12.2. The van der Waals surface area contributed by atoms with Crippen LogP contribution in [-0.4, -0.2) is 26.4 Å². The smallest absolute Gasteiger partial charge is 0.418 e. The van der Waals surface area contributed by atoms with E-state index in [0.29, 0.717) is 17.4 Å². The summed E-state index contributed by atoms with van der Waals surface area (Å²) >= 11 is 0. The number of nitriles is 1. The lowest BCUT2D eigenvalue weighted by molar-refractivity contribution is -0.136. The normalized spacial score (nSPS) is 11.4. The molecule has 13 heteroatoms. The molecule has 0 atom stereocenters. The van der Waals surface area contributed by atoms with Crippen molar-refractivity contribution in [2.24, 2.45) is 0 Å². The third-order valence-corrected chi connectivity index (χ3v) is 6.57. The zero-order valence-corrected chi connectivity index (χ0v) is 20.2. The summed E-state index contributed by atoms with van der Waals surface area (Å²) in [6.45, 7) is 0. The summed E-state index contributed by atoms with van der Waals surface area (Å²) in [6, 6.07) is 16.6. The minimum absolute atomic E-state index is 0.0414. The van der Waals surface area contributed by atoms with Gasteiger partial charge in [0.2, 0.25) is 0 Å². The molecule has 3 aromatic carbocycles. The van der Waals surface area contributed by atoms with Crippen LogP contribution in [0.4, 0.5) is 24.5 Å². The minimum Gasteiger partial charge on any atom is -0.495 e. The van der Waals surface area contributed by atoms with Crippen LogP contribution in [0.1, 0.15) is 21.8 Å². The average Bonchev–Trinajstić information content (AvgIpc) is 3.39. The predicted molar refractivity (Wildman–Crippen MR) is 130 cm³/mol. The number of carbonyl (C=O) groups excluding carboxylic acids is 1. The van der Waals surface area contributed by atoms with Crippen molar-refractivity contribution >= 4 is 27.3 Å². The molecule has 1 heterocycles. The molecular weight excluding hydrogens is 525 g/mol. The zero-order valence-electron chi connectivity index (χ0n) is 19.4. The number of ether oxygens (including phenoxy) is 1. The van der Waals surface area contributed by atoms with Gasteiger partial charge in [-0.25, -0.2) is 13.4 Å². The van der Waals surface area contributed by atoms with Gasteiger partial charge in [-0.3, -0.25) is 9.52 Å². The van der Waals surface area contributed by atoms with E-state index in [1.807, 2.05) is 4.72 Å². The van der Waals surface area contributed by atoms with Crippen molar-refractivity contribution in [1.82, 2.24) is 4.98 Å². The van der Waals surface area contributed by atoms with Crippen LogP contribution in [-0.2, 0) is 16.2 Å². The lowest BCUT2D eigenvalue weighted by Crippen LogP contribution is -2.19. The molecule has 4 aromatic rings. The van der Waals surface area contributed by atoms with Crippen LogP contribution in [0, 0.1) is 11.3 Å². The van der Waals surface area contributed by atoms with Crippen molar-refractivity contribution in [3.8, 4) is 23.1 Å².